The quantitative estimate of drug-likeness (QED) is 0.346. The minimum atomic E-state index is 0.392. The summed E-state index contributed by atoms with van der Waals surface area (Å²) in [6, 6.07) is 0. The zero-order valence-electron chi connectivity index (χ0n) is 10.9. The van der Waals surface area contributed by atoms with Gasteiger partial charge in [0.25, 0.3) is 0 Å². The summed E-state index contributed by atoms with van der Waals surface area (Å²) in [5.74, 6) is 0. The standard InChI is InChI=1S/C15H28/c1-5-7-8-9-10-11-12-13-14-15(3,4)6-2/h5,13-14H,1,6-12H2,2-4H3. The Bertz CT molecular complexity index is 174. The molecule has 0 amide bonds. The lowest BCUT2D eigenvalue weighted by molar-refractivity contribution is 0.460. The molecule has 0 rings (SSSR count). The molecule has 0 spiro atoms. The van der Waals surface area contributed by atoms with E-state index in [0.29, 0.717) is 5.41 Å². The number of hydrogen-bond donors (Lipinski definition) is 0. The lowest BCUT2D eigenvalue weighted by atomic mass is 9.89. The van der Waals surface area contributed by atoms with Crippen LogP contribution in [0.15, 0.2) is 24.8 Å². The molecule has 0 fully saturated rings. The predicted molar refractivity (Wildman–Crippen MR) is 71.1 cm³/mol. The molecule has 88 valence electrons. The number of hydrogen-bond acceptors (Lipinski definition) is 0. The first-order valence-electron chi connectivity index (χ1n) is 6.41. The Balaban J connectivity index is 3.34. The summed E-state index contributed by atoms with van der Waals surface area (Å²) in [5.41, 5.74) is 0.392. The van der Waals surface area contributed by atoms with Crippen molar-refractivity contribution in [1.82, 2.24) is 0 Å². The van der Waals surface area contributed by atoms with Crippen LogP contribution in [0.5, 0.6) is 0 Å². The highest BCUT2D eigenvalue weighted by molar-refractivity contribution is 4.93. The monoisotopic (exact) mass is 208 g/mol. The van der Waals surface area contributed by atoms with Crippen LogP contribution in [0.2, 0.25) is 0 Å². The third-order valence-electron chi connectivity index (χ3n) is 3.01. The van der Waals surface area contributed by atoms with Crippen molar-refractivity contribution < 1.29 is 0 Å². The third-order valence-corrected chi connectivity index (χ3v) is 3.01. The van der Waals surface area contributed by atoms with E-state index < -0.39 is 0 Å². The van der Waals surface area contributed by atoms with E-state index in [1.807, 2.05) is 6.08 Å². The van der Waals surface area contributed by atoms with E-state index in [4.69, 9.17) is 0 Å². The zero-order chi connectivity index (χ0) is 11.6. The molecule has 0 aliphatic carbocycles. The van der Waals surface area contributed by atoms with Crippen molar-refractivity contribution in [1.29, 1.82) is 0 Å². The maximum absolute atomic E-state index is 3.73. The van der Waals surface area contributed by atoms with E-state index in [2.05, 4.69) is 39.5 Å². The molecule has 0 unspecified atom stereocenters. The smallest absolute Gasteiger partial charge is 0.0177 e. The number of unbranched alkanes of at least 4 members (excludes halogenated alkanes) is 5. The van der Waals surface area contributed by atoms with Crippen LogP contribution in [0, 0.1) is 5.41 Å². The van der Waals surface area contributed by atoms with E-state index >= 15 is 0 Å². The summed E-state index contributed by atoms with van der Waals surface area (Å²) in [4.78, 5) is 0. The molecule has 0 aromatic carbocycles. The molecule has 0 bridgehead atoms. The molecular formula is C15H28. The maximum Gasteiger partial charge on any atom is -0.0177 e. The van der Waals surface area contributed by atoms with Gasteiger partial charge in [-0.05, 0) is 37.5 Å². The summed E-state index contributed by atoms with van der Waals surface area (Å²) in [6.07, 6.45) is 15.8. The van der Waals surface area contributed by atoms with Gasteiger partial charge in [-0.3, -0.25) is 0 Å². The summed E-state index contributed by atoms with van der Waals surface area (Å²) < 4.78 is 0. The van der Waals surface area contributed by atoms with E-state index in [9.17, 15) is 0 Å². The molecular weight excluding hydrogens is 180 g/mol. The lowest BCUT2D eigenvalue weighted by Gasteiger charge is -2.16. The van der Waals surface area contributed by atoms with Crippen molar-refractivity contribution >= 4 is 0 Å². The zero-order valence-corrected chi connectivity index (χ0v) is 10.9. The highest BCUT2D eigenvalue weighted by atomic mass is 14.1. The van der Waals surface area contributed by atoms with Crippen LogP contribution in [0.4, 0.5) is 0 Å². The van der Waals surface area contributed by atoms with Crippen LogP contribution in [-0.4, -0.2) is 0 Å². The Morgan fingerprint density at radius 1 is 1.00 bits per heavy atom. The predicted octanol–water partition coefficient (Wildman–Crippen LogP) is 5.51. The van der Waals surface area contributed by atoms with Crippen molar-refractivity contribution in [2.24, 2.45) is 5.41 Å². The molecule has 0 heterocycles. The molecule has 0 aliphatic rings. The van der Waals surface area contributed by atoms with Crippen molar-refractivity contribution in [3.8, 4) is 0 Å². The van der Waals surface area contributed by atoms with E-state index in [0.717, 1.165) is 0 Å². The molecule has 0 aliphatic heterocycles. The van der Waals surface area contributed by atoms with Crippen LogP contribution in [0.1, 0.15) is 65.7 Å². The molecule has 0 atom stereocenters. The van der Waals surface area contributed by atoms with Crippen molar-refractivity contribution in [3.05, 3.63) is 24.8 Å². The topological polar surface area (TPSA) is 0 Å². The summed E-state index contributed by atoms with van der Waals surface area (Å²) in [6.45, 7) is 10.6. The van der Waals surface area contributed by atoms with Crippen LogP contribution in [-0.2, 0) is 0 Å². The van der Waals surface area contributed by atoms with Gasteiger partial charge in [0, 0.05) is 0 Å². The average molecular weight is 208 g/mol. The van der Waals surface area contributed by atoms with Gasteiger partial charge in [0.15, 0.2) is 0 Å². The lowest BCUT2D eigenvalue weighted by Crippen LogP contribution is -2.03. The Labute approximate surface area is 96.5 Å². The number of rotatable bonds is 9. The fraction of sp³-hybridized carbons (Fsp3) is 0.733. The minimum absolute atomic E-state index is 0.392. The van der Waals surface area contributed by atoms with Gasteiger partial charge in [-0.2, -0.15) is 0 Å². The second kappa shape index (κ2) is 8.76. The summed E-state index contributed by atoms with van der Waals surface area (Å²) >= 11 is 0. The Kier molecular flexibility index (Phi) is 8.46. The van der Waals surface area contributed by atoms with E-state index in [1.165, 1.54) is 44.9 Å². The molecule has 15 heavy (non-hydrogen) atoms. The molecule has 0 nitrogen and oxygen atoms in total. The van der Waals surface area contributed by atoms with Gasteiger partial charge in [-0.15, -0.1) is 6.58 Å². The van der Waals surface area contributed by atoms with Gasteiger partial charge in [-0.1, -0.05) is 51.8 Å². The molecule has 0 heteroatoms. The van der Waals surface area contributed by atoms with Crippen molar-refractivity contribution in [2.75, 3.05) is 0 Å². The summed E-state index contributed by atoms with van der Waals surface area (Å²) in [5, 5.41) is 0. The van der Waals surface area contributed by atoms with Crippen LogP contribution in [0.25, 0.3) is 0 Å². The minimum Gasteiger partial charge on any atom is -0.103 e. The first-order chi connectivity index (χ1) is 7.12. The third kappa shape index (κ3) is 9.78. The van der Waals surface area contributed by atoms with Crippen molar-refractivity contribution in [2.45, 2.75) is 65.7 Å². The van der Waals surface area contributed by atoms with E-state index in [-0.39, 0.29) is 0 Å². The van der Waals surface area contributed by atoms with Crippen LogP contribution < -0.4 is 0 Å². The normalized spacial score (nSPS) is 12.2. The fourth-order valence-electron chi connectivity index (χ4n) is 1.42. The van der Waals surface area contributed by atoms with Gasteiger partial charge in [0.1, 0.15) is 0 Å². The SMILES string of the molecule is C=CCCCCCCC=CC(C)(C)CC. The highest BCUT2D eigenvalue weighted by Crippen LogP contribution is 2.21. The van der Waals surface area contributed by atoms with E-state index in [1.54, 1.807) is 0 Å². The second-order valence-corrected chi connectivity index (χ2v) is 5.02. The van der Waals surface area contributed by atoms with Crippen LogP contribution >= 0.6 is 0 Å². The van der Waals surface area contributed by atoms with Gasteiger partial charge in [0.05, 0.1) is 0 Å². The molecule has 0 saturated heterocycles. The first kappa shape index (κ1) is 14.5. The number of allylic oxidation sites excluding steroid dienone is 3. The van der Waals surface area contributed by atoms with Crippen molar-refractivity contribution in [3.63, 3.8) is 0 Å². The second-order valence-electron chi connectivity index (χ2n) is 5.02. The van der Waals surface area contributed by atoms with Gasteiger partial charge < -0.3 is 0 Å². The highest BCUT2D eigenvalue weighted by Gasteiger charge is 2.08. The molecule has 0 aromatic heterocycles. The molecule has 0 radical (unpaired) electrons. The van der Waals surface area contributed by atoms with Gasteiger partial charge in [-0.25, -0.2) is 0 Å². The molecule has 0 saturated carbocycles. The molecule has 0 N–H and O–H groups in total. The largest absolute Gasteiger partial charge is 0.103 e. The van der Waals surface area contributed by atoms with Crippen LogP contribution in [0.3, 0.4) is 0 Å². The Morgan fingerprint density at radius 3 is 2.13 bits per heavy atom. The maximum atomic E-state index is 3.73. The fourth-order valence-corrected chi connectivity index (χ4v) is 1.42. The average Bonchev–Trinajstić information content (AvgIpc) is 2.22. The first-order valence-corrected chi connectivity index (χ1v) is 6.41. The molecule has 0 aromatic rings. The Hall–Kier alpha value is -0.520. The summed E-state index contributed by atoms with van der Waals surface area (Å²) in [7, 11) is 0. The van der Waals surface area contributed by atoms with Gasteiger partial charge >= 0.3 is 0 Å². The Morgan fingerprint density at radius 2 is 1.60 bits per heavy atom. The van der Waals surface area contributed by atoms with Gasteiger partial charge in [0.2, 0.25) is 0 Å².